The highest BCUT2D eigenvalue weighted by Crippen LogP contribution is 2.23. The molecular formula is C13H12N2O2. The lowest BCUT2D eigenvalue weighted by Gasteiger charge is -2.19. The van der Waals surface area contributed by atoms with Crippen LogP contribution in [0.5, 0.6) is 0 Å². The maximum absolute atomic E-state index is 12.2. The molecule has 0 bridgehead atoms. The van der Waals surface area contributed by atoms with Crippen LogP contribution >= 0.6 is 0 Å². The van der Waals surface area contributed by atoms with Crippen LogP contribution in [-0.4, -0.2) is 14.7 Å². The number of allylic oxidation sites excluding steroid dienone is 1. The summed E-state index contributed by atoms with van der Waals surface area (Å²) in [6.45, 7) is 0.670. The van der Waals surface area contributed by atoms with E-state index in [1.54, 1.807) is 10.6 Å². The first-order chi connectivity index (χ1) is 8.31. The Balaban J connectivity index is 2.42. The summed E-state index contributed by atoms with van der Waals surface area (Å²) in [6, 6.07) is 7.30. The second kappa shape index (κ2) is 3.73. The Bertz CT molecular complexity index is 671. The standard InChI is InChI=1S/C13H12N2O2/c16-8-9-4-3-7-15-12(9)14-11-6-2-1-5-10(11)13(15)17/h1-2,5-6,8,16H,3-4,7H2/b9-8-. The zero-order valence-corrected chi connectivity index (χ0v) is 9.26. The normalized spacial score (nSPS) is 17.3. The molecule has 2 aromatic rings. The quantitative estimate of drug-likeness (QED) is 0.702. The number of nitrogens with zero attached hydrogens (tertiary/aromatic N) is 2. The highest BCUT2D eigenvalue weighted by atomic mass is 16.2. The van der Waals surface area contributed by atoms with Gasteiger partial charge in [0.1, 0.15) is 5.82 Å². The van der Waals surface area contributed by atoms with Crippen molar-refractivity contribution < 1.29 is 5.11 Å². The molecule has 1 aromatic heterocycles. The van der Waals surface area contributed by atoms with Crippen molar-refractivity contribution in [3.8, 4) is 0 Å². The van der Waals surface area contributed by atoms with Crippen molar-refractivity contribution >= 4 is 16.5 Å². The van der Waals surface area contributed by atoms with Crippen LogP contribution in [0.1, 0.15) is 18.7 Å². The summed E-state index contributed by atoms with van der Waals surface area (Å²) in [5.41, 5.74) is 1.40. The predicted molar refractivity (Wildman–Crippen MR) is 65.8 cm³/mol. The Morgan fingerprint density at radius 3 is 3.00 bits per heavy atom. The first kappa shape index (κ1) is 10.1. The maximum atomic E-state index is 12.2. The van der Waals surface area contributed by atoms with E-state index in [1.807, 2.05) is 18.2 Å². The van der Waals surface area contributed by atoms with Crippen LogP contribution in [0.25, 0.3) is 16.5 Å². The summed E-state index contributed by atoms with van der Waals surface area (Å²) >= 11 is 0. The molecule has 1 N–H and O–H groups in total. The van der Waals surface area contributed by atoms with Gasteiger partial charge in [0, 0.05) is 12.1 Å². The zero-order valence-electron chi connectivity index (χ0n) is 9.26. The molecule has 0 saturated carbocycles. The summed E-state index contributed by atoms with van der Waals surface area (Å²) in [7, 11) is 0. The van der Waals surface area contributed by atoms with Gasteiger partial charge in [-0.1, -0.05) is 12.1 Å². The number of benzene rings is 1. The van der Waals surface area contributed by atoms with E-state index >= 15 is 0 Å². The van der Waals surface area contributed by atoms with Crippen molar-refractivity contribution in [3.05, 3.63) is 46.7 Å². The molecule has 0 fully saturated rings. The van der Waals surface area contributed by atoms with Crippen LogP contribution in [0.15, 0.2) is 35.3 Å². The lowest BCUT2D eigenvalue weighted by Crippen LogP contribution is -2.27. The smallest absolute Gasteiger partial charge is 0.261 e. The number of aliphatic hydroxyl groups is 1. The Kier molecular flexibility index (Phi) is 2.21. The topological polar surface area (TPSA) is 55.1 Å². The van der Waals surface area contributed by atoms with E-state index < -0.39 is 0 Å². The Morgan fingerprint density at radius 1 is 1.35 bits per heavy atom. The summed E-state index contributed by atoms with van der Waals surface area (Å²) in [5.74, 6) is 0.599. The molecule has 4 nitrogen and oxygen atoms in total. The van der Waals surface area contributed by atoms with Crippen LogP contribution in [0.3, 0.4) is 0 Å². The summed E-state index contributed by atoms with van der Waals surface area (Å²) in [4.78, 5) is 16.7. The summed E-state index contributed by atoms with van der Waals surface area (Å²) in [5, 5.41) is 9.82. The molecule has 0 unspecified atom stereocenters. The third kappa shape index (κ3) is 1.45. The number of fused-ring (bicyclic) bond motifs is 2. The van der Waals surface area contributed by atoms with Gasteiger partial charge in [0.25, 0.3) is 5.56 Å². The molecule has 2 heterocycles. The minimum atomic E-state index is -0.0235. The average Bonchev–Trinajstić information content (AvgIpc) is 2.38. The second-order valence-electron chi connectivity index (χ2n) is 4.17. The molecular weight excluding hydrogens is 216 g/mol. The molecule has 1 aromatic carbocycles. The molecule has 17 heavy (non-hydrogen) atoms. The van der Waals surface area contributed by atoms with Crippen molar-refractivity contribution in [2.75, 3.05) is 0 Å². The fourth-order valence-electron chi connectivity index (χ4n) is 2.28. The van der Waals surface area contributed by atoms with Gasteiger partial charge in [-0.2, -0.15) is 0 Å². The fraction of sp³-hybridized carbons (Fsp3) is 0.231. The molecule has 1 aliphatic rings. The minimum absolute atomic E-state index is 0.0235. The molecule has 0 radical (unpaired) electrons. The van der Waals surface area contributed by atoms with Crippen molar-refractivity contribution in [1.29, 1.82) is 0 Å². The van der Waals surface area contributed by atoms with Crippen molar-refractivity contribution in [3.63, 3.8) is 0 Å². The van der Waals surface area contributed by atoms with Gasteiger partial charge in [-0.05, 0) is 25.0 Å². The van der Waals surface area contributed by atoms with E-state index in [-0.39, 0.29) is 5.56 Å². The van der Waals surface area contributed by atoms with E-state index in [2.05, 4.69) is 4.98 Å². The lowest BCUT2D eigenvalue weighted by molar-refractivity contribution is 0.467. The van der Waals surface area contributed by atoms with Crippen LogP contribution < -0.4 is 5.56 Å². The molecule has 0 amide bonds. The number of hydrogen-bond donors (Lipinski definition) is 1. The predicted octanol–water partition coefficient (Wildman–Crippen LogP) is 2.09. The van der Waals surface area contributed by atoms with Crippen LogP contribution in [0.4, 0.5) is 0 Å². The van der Waals surface area contributed by atoms with Crippen molar-refractivity contribution in [2.24, 2.45) is 0 Å². The molecule has 0 saturated heterocycles. The van der Waals surface area contributed by atoms with Crippen molar-refractivity contribution in [1.82, 2.24) is 9.55 Å². The number of aromatic nitrogens is 2. The van der Waals surface area contributed by atoms with Gasteiger partial charge in [0.15, 0.2) is 0 Å². The van der Waals surface area contributed by atoms with Gasteiger partial charge in [-0.15, -0.1) is 0 Å². The Labute approximate surface area is 97.8 Å². The maximum Gasteiger partial charge on any atom is 0.261 e. The van der Waals surface area contributed by atoms with E-state index in [4.69, 9.17) is 0 Å². The van der Waals surface area contributed by atoms with Crippen LogP contribution in [-0.2, 0) is 6.54 Å². The second-order valence-corrected chi connectivity index (χ2v) is 4.17. The van der Waals surface area contributed by atoms with Gasteiger partial charge in [-0.25, -0.2) is 4.98 Å². The van der Waals surface area contributed by atoms with Gasteiger partial charge in [0.2, 0.25) is 0 Å². The number of hydrogen-bond acceptors (Lipinski definition) is 3. The molecule has 1 aliphatic heterocycles. The summed E-state index contributed by atoms with van der Waals surface area (Å²) in [6.07, 6.45) is 2.69. The fourth-order valence-corrected chi connectivity index (χ4v) is 2.28. The lowest BCUT2D eigenvalue weighted by atomic mass is 10.1. The van der Waals surface area contributed by atoms with E-state index in [9.17, 15) is 9.90 Å². The minimum Gasteiger partial charge on any atom is -0.515 e. The Morgan fingerprint density at radius 2 is 2.18 bits per heavy atom. The highest BCUT2D eigenvalue weighted by molar-refractivity contribution is 5.79. The number of rotatable bonds is 0. The largest absolute Gasteiger partial charge is 0.515 e. The van der Waals surface area contributed by atoms with Gasteiger partial charge >= 0.3 is 0 Å². The van der Waals surface area contributed by atoms with E-state index in [0.717, 1.165) is 24.7 Å². The van der Waals surface area contributed by atoms with E-state index in [0.29, 0.717) is 23.3 Å². The van der Waals surface area contributed by atoms with Gasteiger partial charge in [0.05, 0.1) is 17.2 Å². The van der Waals surface area contributed by atoms with Gasteiger partial charge in [-0.3, -0.25) is 9.36 Å². The molecule has 0 atom stereocenters. The molecule has 0 aliphatic carbocycles. The van der Waals surface area contributed by atoms with Crippen LogP contribution in [0.2, 0.25) is 0 Å². The van der Waals surface area contributed by atoms with Crippen molar-refractivity contribution in [2.45, 2.75) is 19.4 Å². The number of aliphatic hydroxyl groups excluding tert-OH is 1. The zero-order chi connectivity index (χ0) is 11.8. The Hall–Kier alpha value is -2.10. The van der Waals surface area contributed by atoms with Gasteiger partial charge < -0.3 is 5.11 Å². The first-order valence-corrected chi connectivity index (χ1v) is 5.64. The van der Waals surface area contributed by atoms with E-state index in [1.165, 1.54) is 0 Å². The van der Waals surface area contributed by atoms with Crippen LogP contribution in [0, 0.1) is 0 Å². The SMILES string of the molecule is O=c1c2ccccc2nc2n1CCC/C2=C/O. The summed E-state index contributed by atoms with van der Waals surface area (Å²) < 4.78 is 1.65. The monoisotopic (exact) mass is 228 g/mol. The molecule has 86 valence electrons. The first-order valence-electron chi connectivity index (χ1n) is 5.64. The number of para-hydroxylation sites is 1. The third-order valence-corrected chi connectivity index (χ3v) is 3.13. The molecule has 4 heteroatoms. The molecule has 3 rings (SSSR count). The highest BCUT2D eigenvalue weighted by Gasteiger charge is 2.18. The molecule has 0 spiro atoms. The average molecular weight is 228 g/mol. The third-order valence-electron chi connectivity index (χ3n) is 3.13.